The number of benzene rings is 1. The zero-order valence-electron chi connectivity index (χ0n) is 8.33. The van der Waals surface area contributed by atoms with E-state index >= 15 is 0 Å². The van der Waals surface area contributed by atoms with Crippen LogP contribution in [-0.2, 0) is 12.1 Å². The first-order chi connectivity index (χ1) is 7.95. The molecule has 0 unspecified atom stereocenters. The third-order valence-electron chi connectivity index (χ3n) is 2.23. The first-order valence-electron chi connectivity index (χ1n) is 4.59. The second kappa shape index (κ2) is 4.03. The lowest BCUT2D eigenvalue weighted by molar-refractivity contribution is -0.637. The van der Waals surface area contributed by atoms with Crippen molar-refractivity contribution in [3.8, 4) is 0 Å². The molecule has 1 heterocycles. The van der Waals surface area contributed by atoms with Gasteiger partial charge in [0.1, 0.15) is 5.88 Å². The molecule has 90 valence electrons. The number of hydrogen-bond acceptors (Lipinski definition) is 2. The molecule has 0 fully saturated rings. The highest BCUT2D eigenvalue weighted by Gasteiger charge is 2.40. The Labute approximate surface area is 99.0 Å². The van der Waals surface area contributed by atoms with Gasteiger partial charge >= 0.3 is 12.0 Å². The van der Waals surface area contributed by atoms with Gasteiger partial charge in [0.15, 0.2) is 5.52 Å². The normalized spacial score (nSPS) is 12.0. The molecule has 17 heavy (non-hydrogen) atoms. The molecule has 0 radical (unpaired) electrons. The monoisotopic (exact) mass is 262 g/mol. The Morgan fingerprint density at radius 2 is 1.94 bits per heavy atom. The summed E-state index contributed by atoms with van der Waals surface area (Å²) in [6.45, 7) is 0. The summed E-state index contributed by atoms with van der Waals surface area (Å²) in [6, 6.07) is 5.57. The summed E-state index contributed by atoms with van der Waals surface area (Å²) in [7, 11) is 0. The Bertz CT molecular complexity index is 571. The Kier molecular flexibility index (Phi) is 2.82. The summed E-state index contributed by atoms with van der Waals surface area (Å²) < 4.78 is 38.2. The van der Waals surface area contributed by atoms with Gasteiger partial charge in [0.2, 0.25) is 5.69 Å². The second-order valence-electron chi connectivity index (χ2n) is 3.32. The molecule has 1 aromatic heterocycles. The van der Waals surface area contributed by atoms with Crippen LogP contribution in [0.15, 0.2) is 24.3 Å². The molecule has 0 aliphatic rings. The van der Waals surface area contributed by atoms with E-state index in [1.165, 1.54) is 18.2 Å². The number of alkyl halides is 4. The number of halogens is 4. The van der Waals surface area contributed by atoms with Crippen LogP contribution in [0.5, 0.6) is 0 Å². The lowest BCUT2D eigenvalue weighted by Gasteiger charge is -2.14. The van der Waals surface area contributed by atoms with E-state index in [-0.39, 0.29) is 27.3 Å². The average molecular weight is 263 g/mol. The molecular formula is C10H6ClF3N2O. The Balaban J connectivity index is 2.90. The van der Waals surface area contributed by atoms with Crippen molar-refractivity contribution in [1.82, 2.24) is 4.98 Å². The van der Waals surface area contributed by atoms with Crippen LogP contribution >= 0.6 is 11.6 Å². The summed E-state index contributed by atoms with van der Waals surface area (Å²) in [5.74, 6) is -0.741. The number of aromatic nitrogens is 2. The van der Waals surface area contributed by atoms with Crippen LogP contribution in [0.4, 0.5) is 13.2 Å². The summed E-state index contributed by atoms with van der Waals surface area (Å²) >= 11 is 5.40. The van der Waals surface area contributed by atoms with Crippen LogP contribution in [0, 0.1) is 5.21 Å². The van der Waals surface area contributed by atoms with E-state index in [1.807, 2.05) is 0 Å². The van der Waals surface area contributed by atoms with Crippen molar-refractivity contribution in [2.75, 3.05) is 0 Å². The summed E-state index contributed by atoms with van der Waals surface area (Å²) in [6.07, 6.45) is -4.74. The van der Waals surface area contributed by atoms with Gasteiger partial charge in [-0.15, -0.1) is 11.6 Å². The van der Waals surface area contributed by atoms with Gasteiger partial charge in [-0.1, -0.05) is 12.1 Å². The molecule has 0 aliphatic carbocycles. The highest BCUT2D eigenvalue weighted by molar-refractivity contribution is 6.16. The predicted octanol–water partition coefficient (Wildman–Crippen LogP) is 2.63. The van der Waals surface area contributed by atoms with Crippen molar-refractivity contribution in [2.45, 2.75) is 12.1 Å². The molecule has 0 saturated heterocycles. The zero-order valence-corrected chi connectivity index (χ0v) is 9.09. The maximum Gasteiger partial charge on any atom is 0.454 e. The van der Waals surface area contributed by atoms with E-state index in [4.69, 9.17) is 11.6 Å². The molecule has 2 aromatic rings. The smallest absolute Gasteiger partial charge is 0.454 e. The van der Waals surface area contributed by atoms with Gasteiger partial charge in [0, 0.05) is 0 Å². The molecule has 0 saturated carbocycles. The second-order valence-corrected chi connectivity index (χ2v) is 3.59. The van der Waals surface area contributed by atoms with Gasteiger partial charge < -0.3 is 5.21 Å². The van der Waals surface area contributed by atoms with E-state index in [9.17, 15) is 18.4 Å². The van der Waals surface area contributed by atoms with E-state index in [1.54, 1.807) is 6.07 Å². The largest absolute Gasteiger partial charge is 0.710 e. The topological polar surface area (TPSA) is 39.8 Å². The molecule has 3 nitrogen and oxygen atoms in total. The molecule has 0 N–H and O–H groups in total. The minimum absolute atomic E-state index is 0.0996. The highest BCUT2D eigenvalue weighted by Crippen LogP contribution is 2.31. The van der Waals surface area contributed by atoms with Crippen molar-refractivity contribution >= 4 is 22.5 Å². The van der Waals surface area contributed by atoms with Crippen molar-refractivity contribution < 1.29 is 17.9 Å². The molecule has 1 aromatic carbocycles. The SMILES string of the molecule is [O-][n+]1c(CCl)nc2ccccc2c1C(F)(F)F. The van der Waals surface area contributed by atoms with Gasteiger partial charge in [-0.2, -0.15) is 13.2 Å². The summed E-state index contributed by atoms with van der Waals surface area (Å²) in [5, 5.41) is 11.3. The van der Waals surface area contributed by atoms with Crippen molar-refractivity contribution in [3.05, 3.63) is 41.0 Å². The van der Waals surface area contributed by atoms with Gasteiger partial charge in [-0.25, -0.2) is 4.73 Å². The first-order valence-corrected chi connectivity index (χ1v) is 5.13. The number of fused-ring (bicyclic) bond motifs is 1. The summed E-state index contributed by atoms with van der Waals surface area (Å²) in [5.41, 5.74) is -1.18. The lowest BCUT2D eigenvalue weighted by Crippen LogP contribution is -2.41. The maximum atomic E-state index is 12.8. The van der Waals surface area contributed by atoms with Crippen LogP contribution in [0.25, 0.3) is 10.9 Å². The number of hydrogen-bond donors (Lipinski definition) is 0. The quantitative estimate of drug-likeness (QED) is 0.450. The zero-order chi connectivity index (χ0) is 12.6. The van der Waals surface area contributed by atoms with Crippen LogP contribution < -0.4 is 4.73 Å². The van der Waals surface area contributed by atoms with Gasteiger partial charge in [-0.05, 0) is 17.1 Å². The third kappa shape index (κ3) is 2.00. The molecule has 0 spiro atoms. The minimum Gasteiger partial charge on any atom is -0.710 e. The van der Waals surface area contributed by atoms with E-state index in [2.05, 4.69) is 4.98 Å². The van der Waals surface area contributed by atoms with Crippen LogP contribution in [0.2, 0.25) is 0 Å². The average Bonchev–Trinajstić information content (AvgIpc) is 2.26. The minimum atomic E-state index is -4.74. The number of para-hydroxylation sites is 1. The Hall–Kier alpha value is -1.56. The van der Waals surface area contributed by atoms with Crippen molar-refractivity contribution in [3.63, 3.8) is 0 Å². The molecular weight excluding hydrogens is 257 g/mol. The Morgan fingerprint density at radius 1 is 1.29 bits per heavy atom. The van der Waals surface area contributed by atoms with Gasteiger partial charge in [0.05, 0.1) is 5.39 Å². The maximum absolute atomic E-state index is 12.8. The molecule has 7 heteroatoms. The standard InChI is InChI=1S/C10H6ClF3N2O/c11-5-8-15-7-4-2-1-3-6(7)9(16(8)17)10(12,13)14/h1-4H,5H2. The van der Waals surface area contributed by atoms with E-state index < -0.39 is 11.9 Å². The predicted molar refractivity (Wildman–Crippen MR) is 55.3 cm³/mol. The lowest BCUT2D eigenvalue weighted by atomic mass is 10.2. The van der Waals surface area contributed by atoms with Crippen molar-refractivity contribution in [2.24, 2.45) is 0 Å². The van der Waals surface area contributed by atoms with Crippen molar-refractivity contribution in [1.29, 1.82) is 0 Å². The van der Waals surface area contributed by atoms with E-state index in [0.29, 0.717) is 0 Å². The van der Waals surface area contributed by atoms with Crippen LogP contribution in [-0.4, -0.2) is 4.98 Å². The highest BCUT2D eigenvalue weighted by atomic mass is 35.5. The van der Waals surface area contributed by atoms with Crippen LogP contribution in [0.3, 0.4) is 0 Å². The Morgan fingerprint density at radius 3 is 2.53 bits per heavy atom. The fourth-order valence-electron chi connectivity index (χ4n) is 1.55. The molecule has 0 atom stereocenters. The fraction of sp³-hybridized carbons (Fsp3) is 0.200. The van der Waals surface area contributed by atoms with Crippen LogP contribution in [0.1, 0.15) is 11.5 Å². The molecule has 0 aliphatic heterocycles. The first kappa shape index (κ1) is 11.9. The molecule has 0 bridgehead atoms. The van der Waals surface area contributed by atoms with E-state index in [0.717, 1.165) is 0 Å². The summed E-state index contributed by atoms with van der Waals surface area (Å²) in [4.78, 5) is 3.79. The fourth-order valence-corrected chi connectivity index (χ4v) is 1.71. The van der Waals surface area contributed by atoms with Gasteiger partial charge in [0.25, 0.3) is 0 Å². The third-order valence-corrected chi connectivity index (χ3v) is 2.47. The van der Waals surface area contributed by atoms with Gasteiger partial charge in [-0.3, -0.25) is 0 Å². The number of rotatable bonds is 1. The molecule has 0 amide bonds. The number of nitrogens with zero attached hydrogens (tertiary/aromatic N) is 2. The molecule has 2 rings (SSSR count).